The Morgan fingerprint density at radius 3 is 1.90 bits per heavy atom. The van der Waals surface area contributed by atoms with Crippen molar-refractivity contribution in [3.8, 4) is 0 Å². The van der Waals surface area contributed by atoms with Gasteiger partial charge in [-0.25, -0.2) is 4.79 Å². The first kappa shape index (κ1) is 25.0. The van der Waals surface area contributed by atoms with Crippen molar-refractivity contribution in [2.24, 2.45) is 0 Å². The number of unbranched alkanes of at least 4 members (excludes halogenated alkanes) is 11. The Morgan fingerprint density at radius 2 is 1.31 bits per heavy atom. The van der Waals surface area contributed by atoms with Crippen molar-refractivity contribution in [3.63, 3.8) is 0 Å². The van der Waals surface area contributed by atoms with Crippen LogP contribution in [0.25, 0.3) is 0 Å². The van der Waals surface area contributed by atoms with Crippen LogP contribution in [0.5, 0.6) is 0 Å². The minimum Gasteiger partial charge on any atom is -0.464 e. The van der Waals surface area contributed by atoms with Crippen molar-refractivity contribution in [3.05, 3.63) is 35.9 Å². The van der Waals surface area contributed by atoms with E-state index < -0.39 is 12.1 Å². The third-order valence-electron chi connectivity index (χ3n) is 4.85. The molecule has 5 heteroatoms. The first-order valence-corrected chi connectivity index (χ1v) is 11.3. The quantitative estimate of drug-likeness (QED) is 0.249. The highest BCUT2D eigenvalue weighted by Gasteiger charge is 2.07. The second-order valence-corrected chi connectivity index (χ2v) is 7.52. The molecule has 1 aromatic rings. The molecule has 0 saturated heterocycles. The van der Waals surface area contributed by atoms with Crippen molar-refractivity contribution in [1.29, 1.82) is 0 Å². The molecule has 0 aromatic heterocycles. The van der Waals surface area contributed by atoms with E-state index >= 15 is 0 Å². The summed E-state index contributed by atoms with van der Waals surface area (Å²) in [4.78, 5) is 23.2. The van der Waals surface area contributed by atoms with Crippen LogP contribution >= 0.6 is 0 Å². The summed E-state index contributed by atoms with van der Waals surface area (Å²) in [5.74, 6) is -0.426. The smallest absolute Gasteiger partial charge is 0.407 e. The van der Waals surface area contributed by atoms with Crippen LogP contribution in [0.3, 0.4) is 0 Å². The second kappa shape index (κ2) is 18.0. The first-order valence-electron chi connectivity index (χ1n) is 11.3. The summed E-state index contributed by atoms with van der Waals surface area (Å²) in [7, 11) is 0. The van der Waals surface area contributed by atoms with Gasteiger partial charge in [0.15, 0.2) is 0 Å². The number of benzene rings is 1. The number of carbonyl (C=O) groups is 2. The molecule has 1 amide bonds. The van der Waals surface area contributed by atoms with Gasteiger partial charge >= 0.3 is 12.1 Å². The number of carbonyl (C=O) groups excluding carboxylic acids is 2. The highest BCUT2D eigenvalue weighted by molar-refractivity contribution is 5.77. The first-order chi connectivity index (χ1) is 14.2. The van der Waals surface area contributed by atoms with Crippen LogP contribution in [0.1, 0.15) is 89.5 Å². The number of ether oxygens (including phenoxy) is 2. The molecule has 0 spiro atoms. The van der Waals surface area contributed by atoms with Crippen LogP contribution < -0.4 is 5.32 Å². The Hall–Kier alpha value is -2.04. The predicted octanol–water partition coefficient (Wildman–Crippen LogP) is 6.16. The number of nitrogens with one attached hydrogen (secondary N) is 1. The average Bonchev–Trinajstić information content (AvgIpc) is 2.74. The molecule has 5 nitrogen and oxygen atoms in total. The lowest BCUT2D eigenvalue weighted by Crippen LogP contribution is -2.31. The van der Waals surface area contributed by atoms with Gasteiger partial charge in [-0.15, -0.1) is 0 Å². The summed E-state index contributed by atoms with van der Waals surface area (Å²) in [6.07, 6.45) is 14.6. The van der Waals surface area contributed by atoms with E-state index in [9.17, 15) is 9.59 Å². The molecule has 0 aliphatic carbocycles. The highest BCUT2D eigenvalue weighted by atomic mass is 16.6. The summed E-state index contributed by atoms with van der Waals surface area (Å²) < 4.78 is 10.2. The van der Waals surface area contributed by atoms with Gasteiger partial charge < -0.3 is 14.8 Å². The van der Waals surface area contributed by atoms with Gasteiger partial charge in [0.2, 0.25) is 0 Å². The fraction of sp³-hybridized carbons (Fsp3) is 0.667. The zero-order valence-electron chi connectivity index (χ0n) is 18.1. The van der Waals surface area contributed by atoms with Crippen molar-refractivity contribution < 1.29 is 19.1 Å². The molecule has 164 valence electrons. The molecule has 0 fully saturated rings. The number of hydrogen-bond acceptors (Lipinski definition) is 4. The average molecular weight is 406 g/mol. The summed E-state index contributed by atoms with van der Waals surface area (Å²) in [5, 5.41) is 2.41. The Bertz CT molecular complexity index is 533. The number of amides is 1. The van der Waals surface area contributed by atoms with Gasteiger partial charge in [0.05, 0.1) is 6.61 Å². The SMILES string of the molecule is CCCCCCCCCCCCCCOC(=O)CNC(=O)OCc1ccccc1. The lowest BCUT2D eigenvalue weighted by Gasteiger charge is -2.08. The topological polar surface area (TPSA) is 64.6 Å². The maximum absolute atomic E-state index is 11.6. The Morgan fingerprint density at radius 1 is 0.759 bits per heavy atom. The molecule has 29 heavy (non-hydrogen) atoms. The van der Waals surface area contributed by atoms with E-state index in [-0.39, 0.29) is 13.2 Å². The Labute approximate surface area is 176 Å². The molecule has 1 N–H and O–H groups in total. The van der Waals surface area contributed by atoms with Crippen molar-refractivity contribution >= 4 is 12.1 Å². The van der Waals surface area contributed by atoms with Gasteiger partial charge in [0, 0.05) is 0 Å². The minimum absolute atomic E-state index is 0.161. The van der Waals surface area contributed by atoms with Crippen molar-refractivity contribution in [2.45, 2.75) is 90.6 Å². The third kappa shape index (κ3) is 15.5. The lowest BCUT2D eigenvalue weighted by molar-refractivity contribution is -0.142. The van der Waals surface area contributed by atoms with Crippen LogP contribution in [0.15, 0.2) is 30.3 Å². The zero-order chi connectivity index (χ0) is 21.0. The van der Waals surface area contributed by atoms with E-state index in [1.165, 1.54) is 64.2 Å². The minimum atomic E-state index is -0.615. The fourth-order valence-corrected chi connectivity index (χ4v) is 3.10. The lowest BCUT2D eigenvalue weighted by atomic mass is 10.1. The Balaban J connectivity index is 1.85. The van der Waals surface area contributed by atoms with E-state index in [4.69, 9.17) is 9.47 Å². The third-order valence-corrected chi connectivity index (χ3v) is 4.85. The Kier molecular flexibility index (Phi) is 15.5. The molecule has 0 saturated carbocycles. The highest BCUT2D eigenvalue weighted by Crippen LogP contribution is 2.11. The van der Waals surface area contributed by atoms with Crippen LogP contribution in [-0.4, -0.2) is 25.2 Å². The number of alkyl carbamates (subject to hydrolysis) is 1. The van der Waals surface area contributed by atoms with Crippen molar-refractivity contribution in [2.75, 3.05) is 13.2 Å². The van der Waals surface area contributed by atoms with Gasteiger partial charge in [-0.05, 0) is 12.0 Å². The van der Waals surface area contributed by atoms with Crippen molar-refractivity contribution in [1.82, 2.24) is 5.32 Å². The van der Waals surface area contributed by atoms with E-state index in [0.717, 1.165) is 18.4 Å². The van der Waals surface area contributed by atoms with Crippen LogP contribution in [0.2, 0.25) is 0 Å². The normalized spacial score (nSPS) is 10.5. The van der Waals surface area contributed by atoms with Crippen LogP contribution in [0, 0.1) is 0 Å². The molecule has 0 heterocycles. The van der Waals surface area contributed by atoms with E-state index in [1.807, 2.05) is 30.3 Å². The summed E-state index contributed by atoms with van der Waals surface area (Å²) in [6.45, 7) is 2.69. The molecule has 0 aliphatic rings. The summed E-state index contributed by atoms with van der Waals surface area (Å²) >= 11 is 0. The summed E-state index contributed by atoms with van der Waals surface area (Å²) in [5.41, 5.74) is 0.900. The van der Waals surface area contributed by atoms with Crippen LogP contribution in [0.4, 0.5) is 4.79 Å². The molecule has 0 bridgehead atoms. The maximum atomic E-state index is 11.6. The molecule has 0 unspecified atom stereocenters. The second-order valence-electron chi connectivity index (χ2n) is 7.52. The molecular formula is C24H39NO4. The van der Waals surface area contributed by atoms with E-state index in [0.29, 0.717) is 6.61 Å². The molecule has 1 rings (SSSR count). The largest absolute Gasteiger partial charge is 0.464 e. The van der Waals surface area contributed by atoms with Gasteiger partial charge in [0.1, 0.15) is 13.2 Å². The van der Waals surface area contributed by atoms with Gasteiger partial charge in [-0.2, -0.15) is 0 Å². The standard InChI is InChI=1S/C24H39NO4/c1-2-3-4-5-6-7-8-9-10-11-12-16-19-28-23(26)20-25-24(27)29-21-22-17-14-13-15-18-22/h13-15,17-18H,2-12,16,19-21H2,1H3,(H,25,27). The van der Waals surface area contributed by atoms with Gasteiger partial charge in [-0.3, -0.25) is 4.79 Å². The predicted molar refractivity (Wildman–Crippen MR) is 117 cm³/mol. The molecule has 0 aliphatic heterocycles. The molecule has 0 atom stereocenters. The number of hydrogen-bond donors (Lipinski definition) is 1. The van der Waals surface area contributed by atoms with E-state index in [2.05, 4.69) is 12.2 Å². The molecule has 1 aromatic carbocycles. The van der Waals surface area contributed by atoms with Crippen LogP contribution in [-0.2, 0) is 20.9 Å². The number of rotatable bonds is 17. The maximum Gasteiger partial charge on any atom is 0.407 e. The summed E-state index contributed by atoms with van der Waals surface area (Å²) in [6, 6.07) is 9.40. The van der Waals surface area contributed by atoms with Gasteiger partial charge in [0.25, 0.3) is 0 Å². The monoisotopic (exact) mass is 405 g/mol. The zero-order valence-corrected chi connectivity index (χ0v) is 18.1. The fourth-order valence-electron chi connectivity index (χ4n) is 3.10. The van der Waals surface area contributed by atoms with E-state index in [1.54, 1.807) is 0 Å². The number of esters is 1. The molecular weight excluding hydrogens is 366 g/mol. The molecule has 0 radical (unpaired) electrons. The van der Waals surface area contributed by atoms with Gasteiger partial charge in [-0.1, -0.05) is 108 Å².